The summed E-state index contributed by atoms with van der Waals surface area (Å²) in [5, 5.41) is 3.77. The number of aromatic amines is 1. The van der Waals surface area contributed by atoms with Gasteiger partial charge in [-0.3, -0.25) is 9.59 Å². The van der Waals surface area contributed by atoms with Gasteiger partial charge in [0.15, 0.2) is 0 Å². The maximum absolute atomic E-state index is 13.5. The number of allylic oxidation sites excluding steroid dienone is 2. The van der Waals surface area contributed by atoms with Gasteiger partial charge in [-0.25, -0.2) is 0 Å². The molecule has 0 radical (unpaired) electrons. The highest BCUT2D eigenvalue weighted by Crippen LogP contribution is 2.34. The number of rotatable bonds is 3. The molecule has 34 heavy (non-hydrogen) atoms. The number of carbonyl (C=O) groups is 2. The standard InChI is InChI=1S/C26H24F3N3O2/c27-26(28,29)16-6-5-7-17(14-16)30-24(33)20-9-1-2-10-21(20)25(34)32-13-12-19-18-8-3-4-11-22(18)31-23(19)15-32/h1-8,11,14,20-21,31H,9-10,12-13,15H2,(H,30,33). The second-order valence-corrected chi connectivity index (χ2v) is 8.86. The van der Waals surface area contributed by atoms with Crippen LogP contribution in [0.2, 0.25) is 0 Å². The molecule has 1 aliphatic carbocycles. The molecule has 0 spiro atoms. The van der Waals surface area contributed by atoms with E-state index in [1.165, 1.54) is 23.1 Å². The summed E-state index contributed by atoms with van der Waals surface area (Å²) in [6.45, 7) is 1.01. The first-order chi connectivity index (χ1) is 16.3. The minimum atomic E-state index is -4.50. The average molecular weight is 467 g/mol. The number of hydrogen-bond donors (Lipinski definition) is 2. The molecule has 2 atom stereocenters. The van der Waals surface area contributed by atoms with E-state index in [9.17, 15) is 22.8 Å². The molecule has 2 unspecified atom stereocenters. The minimum absolute atomic E-state index is 0.0706. The lowest BCUT2D eigenvalue weighted by Gasteiger charge is -2.34. The van der Waals surface area contributed by atoms with E-state index in [0.717, 1.165) is 29.8 Å². The predicted octanol–water partition coefficient (Wildman–Crippen LogP) is 5.29. The smallest absolute Gasteiger partial charge is 0.357 e. The Labute approximate surface area is 194 Å². The van der Waals surface area contributed by atoms with Crippen molar-refractivity contribution in [2.45, 2.75) is 32.0 Å². The highest BCUT2D eigenvalue weighted by molar-refractivity contribution is 5.96. The third-order valence-corrected chi connectivity index (χ3v) is 6.74. The maximum atomic E-state index is 13.5. The van der Waals surface area contributed by atoms with Gasteiger partial charge in [-0.1, -0.05) is 36.4 Å². The van der Waals surface area contributed by atoms with E-state index in [1.54, 1.807) is 4.90 Å². The number of hydrogen-bond acceptors (Lipinski definition) is 2. The zero-order valence-electron chi connectivity index (χ0n) is 18.4. The number of H-pyrrole nitrogens is 1. The lowest BCUT2D eigenvalue weighted by Crippen LogP contribution is -2.45. The van der Waals surface area contributed by atoms with Crippen molar-refractivity contribution in [3.8, 4) is 0 Å². The van der Waals surface area contributed by atoms with E-state index in [0.29, 0.717) is 25.9 Å². The molecule has 0 fully saturated rings. The van der Waals surface area contributed by atoms with Gasteiger partial charge < -0.3 is 15.2 Å². The first kappa shape index (κ1) is 22.3. The molecule has 5 rings (SSSR count). The van der Waals surface area contributed by atoms with Crippen LogP contribution in [0.4, 0.5) is 18.9 Å². The SMILES string of the molecule is O=C(Nc1cccc(C(F)(F)F)c1)C1CC=CCC1C(=O)N1CCc2c([nH]c3ccccc23)C1. The van der Waals surface area contributed by atoms with Crippen molar-refractivity contribution in [2.75, 3.05) is 11.9 Å². The molecule has 8 heteroatoms. The van der Waals surface area contributed by atoms with Crippen LogP contribution in [0.25, 0.3) is 10.9 Å². The molecule has 2 amide bonds. The largest absolute Gasteiger partial charge is 0.416 e. The Morgan fingerprint density at radius 2 is 1.76 bits per heavy atom. The number of halogens is 3. The van der Waals surface area contributed by atoms with Gasteiger partial charge in [0.2, 0.25) is 11.8 Å². The Bertz CT molecular complexity index is 1280. The van der Waals surface area contributed by atoms with Crippen molar-refractivity contribution in [3.63, 3.8) is 0 Å². The number of alkyl halides is 3. The molecule has 0 bridgehead atoms. The van der Waals surface area contributed by atoms with Gasteiger partial charge in [-0.15, -0.1) is 0 Å². The van der Waals surface area contributed by atoms with Crippen LogP contribution in [0.5, 0.6) is 0 Å². The first-order valence-electron chi connectivity index (χ1n) is 11.3. The molecule has 2 heterocycles. The van der Waals surface area contributed by atoms with E-state index in [4.69, 9.17) is 0 Å². The fraction of sp³-hybridized carbons (Fsp3) is 0.308. The Kier molecular flexibility index (Phi) is 5.67. The molecular weight excluding hydrogens is 443 g/mol. The Hall–Kier alpha value is -3.55. The van der Waals surface area contributed by atoms with Crippen LogP contribution >= 0.6 is 0 Å². The van der Waals surface area contributed by atoms with Gasteiger partial charge in [-0.05, 0) is 49.1 Å². The van der Waals surface area contributed by atoms with Gasteiger partial charge in [0.05, 0.1) is 23.9 Å². The van der Waals surface area contributed by atoms with E-state index >= 15 is 0 Å². The average Bonchev–Trinajstić information content (AvgIpc) is 3.21. The molecule has 0 saturated carbocycles. The lowest BCUT2D eigenvalue weighted by molar-refractivity contribution is -0.141. The monoisotopic (exact) mass is 467 g/mol. The molecule has 2 aliphatic rings. The molecule has 1 aromatic heterocycles. The van der Waals surface area contributed by atoms with Crippen LogP contribution < -0.4 is 5.32 Å². The molecular formula is C26H24F3N3O2. The predicted molar refractivity (Wildman–Crippen MR) is 123 cm³/mol. The van der Waals surface area contributed by atoms with Crippen molar-refractivity contribution < 1.29 is 22.8 Å². The summed E-state index contributed by atoms with van der Waals surface area (Å²) in [7, 11) is 0. The summed E-state index contributed by atoms with van der Waals surface area (Å²) < 4.78 is 39.1. The first-order valence-corrected chi connectivity index (χ1v) is 11.3. The van der Waals surface area contributed by atoms with Gasteiger partial charge in [0.25, 0.3) is 0 Å². The summed E-state index contributed by atoms with van der Waals surface area (Å²) in [6, 6.07) is 12.6. The number of nitrogens with zero attached hydrogens (tertiary/aromatic N) is 1. The van der Waals surface area contributed by atoms with E-state index < -0.39 is 29.5 Å². The molecule has 176 valence electrons. The molecule has 0 saturated heterocycles. The van der Waals surface area contributed by atoms with Crippen molar-refractivity contribution >= 4 is 28.4 Å². The number of amides is 2. The van der Waals surface area contributed by atoms with Crippen molar-refractivity contribution in [3.05, 3.63) is 77.5 Å². The second kappa shape index (κ2) is 8.66. The quantitative estimate of drug-likeness (QED) is 0.514. The van der Waals surface area contributed by atoms with Gasteiger partial charge in [0.1, 0.15) is 0 Å². The summed E-state index contributed by atoms with van der Waals surface area (Å²) in [6.07, 6.45) is 0.778. The van der Waals surface area contributed by atoms with Crippen molar-refractivity contribution in [1.29, 1.82) is 0 Å². The minimum Gasteiger partial charge on any atom is -0.357 e. The second-order valence-electron chi connectivity index (χ2n) is 8.86. The molecule has 5 nitrogen and oxygen atoms in total. The summed E-state index contributed by atoms with van der Waals surface area (Å²) in [5.74, 6) is -1.74. The number of nitrogens with one attached hydrogen (secondary N) is 2. The normalized spacial score (nSPS) is 20.3. The van der Waals surface area contributed by atoms with Crippen LogP contribution in [0, 0.1) is 11.8 Å². The van der Waals surface area contributed by atoms with Crippen LogP contribution in [-0.2, 0) is 28.7 Å². The van der Waals surface area contributed by atoms with E-state index in [1.807, 2.05) is 30.4 Å². The highest BCUT2D eigenvalue weighted by Gasteiger charge is 2.38. The third-order valence-electron chi connectivity index (χ3n) is 6.74. The number of para-hydroxylation sites is 1. The van der Waals surface area contributed by atoms with E-state index in [-0.39, 0.29) is 11.6 Å². The summed E-state index contributed by atoms with van der Waals surface area (Å²) in [4.78, 5) is 31.7. The Balaban J connectivity index is 1.32. The zero-order chi connectivity index (χ0) is 23.9. The number of anilines is 1. The third kappa shape index (κ3) is 4.20. The Morgan fingerprint density at radius 1 is 1.00 bits per heavy atom. The topological polar surface area (TPSA) is 65.2 Å². The Morgan fingerprint density at radius 3 is 2.56 bits per heavy atom. The van der Waals surface area contributed by atoms with Crippen molar-refractivity contribution in [1.82, 2.24) is 9.88 Å². The summed E-state index contributed by atoms with van der Waals surface area (Å²) >= 11 is 0. The molecule has 1 aliphatic heterocycles. The van der Waals surface area contributed by atoms with Crippen LogP contribution in [-0.4, -0.2) is 28.2 Å². The van der Waals surface area contributed by atoms with Crippen LogP contribution in [0.15, 0.2) is 60.7 Å². The molecule has 3 aromatic rings. The molecule has 2 aromatic carbocycles. The maximum Gasteiger partial charge on any atom is 0.416 e. The van der Waals surface area contributed by atoms with Gasteiger partial charge in [0, 0.05) is 28.8 Å². The summed E-state index contributed by atoms with van der Waals surface area (Å²) in [5.41, 5.74) is 2.52. The zero-order valence-corrected chi connectivity index (χ0v) is 18.4. The van der Waals surface area contributed by atoms with Crippen LogP contribution in [0.3, 0.4) is 0 Å². The van der Waals surface area contributed by atoms with Gasteiger partial charge >= 0.3 is 6.18 Å². The highest BCUT2D eigenvalue weighted by atomic mass is 19.4. The number of carbonyl (C=O) groups excluding carboxylic acids is 2. The fourth-order valence-electron chi connectivity index (χ4n) is 5.00. The number of fused-ring (bicyclic) bond motifs is 3. The van der Waals surface area contributed by atoms with Gasteiger partial charge in [-0.2, -0.15) is 13.2 Å². The number of benzene rings is 2. The fourth-order valence-corrected chi connectivity index (χ4v) is 5.00. The van der Waals surface area contributed by atoms with E-state index in [2.05, 4.69) is 16.4 Å². The van der Waals surface area contributed by atoms with Crippen LogP contribution in [0.1, 0.15) is 29.7 Å². The number of aromatic nitrogens is 1. The molecule has 2 N–H and O–H groups in total. The van der Waals surface area contributed by atoms with Crippen molar-refractivity contribution in [2.24, 2.45) is 11.8 Å². The lowest BCUT2D eigenvalue weighted by atomic mass is 9.81.